The van der Waals surface area contributed by atoms with Crippen LogP contribution in [0.2, 0.25) is 0 Å². The van der Waals surface area contributed by atoms with Gasteiger partial charge in [0.1, 0.15) is 11.5 Å². The van der Waals surface area contributed by atoms with Gasteiger partial charge in [0.05, 0.1) is 18.5 Å². The number of carbonyl (C=O) groups is 1. The van der Waals surface area contributed by atoms with Crippen molar-refractivity contribution in [1.82, 2.24) is 15.0 Å². The number of H-pyrrole nitrogens is 1. The Morgan fingerprint density at radius 3 is 2.96 bits per heavy atom. The van der Waals surface area contributed by atoms with Gasteiger partial charge < -0.3 is 26.5 Å². The van der Waals surface area contributed by atoms with Crippen molar-refractivity contribution in [3.63, 3.8) is 0 Å². The SMILES string of the molecule is NC(=O)c1ncc(N[C@@H]2CCOC[C@@H]2N)nc1-c1cc2ccccc2[nH]1. The molecule has 1 aromatic carbocycles. The number of aromatic amines is 1. The molecule has 0 saturated carbocycles. The van der Waals surface area contributed by atoms with E-state index in [0.717, 1.165) is 17.3 Å². The number of rotatable bonds is 4. The predicted molar refractivity (Wildman–Crippen MR) is 98.7 cm³/mol. The molecule has 1 amide bonds. The van der Waals surface area contributed by atoms with Crippen LogP contribution in [0, 0.1) is 0 Å². The number of fused-ring (bicyclic) bond motifs is 1. The molecule has 1 fully saturated rings. The van der Waals surface area contributed by atoms with Crippen LogP contribution in [0.15, 0.2) is 36.5 Å². The summed E-state index contributed by atoms with van der Waals surface area (Å²) in [6.07, 6.45) is 2.29. The van der Waals surface area contributed by atoms with Crippen LogP contribution in [-0.2, 0) is 4.74 Å². The first-order valence-electron chi connectivity index (χ1n) is 8.46. The summed E-state index contributed by atoms with van der Waals surface area (Å²) in [5.41, 5.74) is 13.8. The third kappa shape index (κ3) is 3.12. The van der Waals surface area contributed by atoms with Crippen LogP contribution >= 0.6 is 0 Å². The summed E-state index contributed by atoms with van der Waals surface area (Å²) < 4.78 is 5.36. The minimum Gasteiger partial charge on any atom is -0.380 e. The van der Waals surface area contributed by atoms with Crippen LogP contribution in [0.25, 0.3) is 22.3 Å². The molecule has 0 aliphatic carbocycles. The molecule has 2 atom stereocenters. The Hall–Kier alpha value is -2.97. The highest BCUT2D eigenvalue weighted by Gasteiger charge is 2.24. The number of amides is 1. The van der Waals surface area contributed by atoms with Gasteiger partial charge in [-0.3, -0.25) is 4.79 Å². The van der Waals surface area contributed by atoms with Crippen LogP contribution in [0.5, 0.6) is 0 Å². The lowest BCUT2D eigenvalue weighted by molar-refractivity contribution is 0.0752. The Kier molecular flexibility index (Phi) is 4.27. The molecule has 3 aromatic rings. The molecule has 1 aliphatic heterocycles. The number of nitrogens with two attached hydrogens (primary N) is 2. The predicted octanol–water partition coefficient (Wildman–Crippen LogP) is 1.25. The molecular formula is C18H20N6O2. The fourth-order valence-corrected chi connectivity index (χ4v) is 3.16. The average molecular weight is 352 g/mol. The van der Waals surface area contributed by atoms with Crippen LogP contribution in [0.1, 0.15) is 16.9 Å². The van der Waals surface area contributed by atoms with Gasteiger partial charge in [0.2, 0.25) is 0 Å². The molecule has 8 heteroatoms. The average Bonchev–Trinajstić information content (AvgIpc) is 3.07. The molecule has 6 N–H and O–H groups in total. The van der Waals surface area contributed by atoms with E-state index in [-0.39, 0.29) is 17.8 Å². The van der Waals surface area contributed by atoms with Gasteiger partial charge >= 0.3 is 0 Å². The van der Waals surface area contributed by atoms with Gasteiger partial charge in [-0.05, 0) is 18.6 Å². The summed E-state index contributed by atoms with van der Waals surface area (Å²) in [6, 6.07) is 9.66. The van der Waals surface area contributed by atoms with Crippen molar-refractivity contribution in [3.05, 3.63) is 42.2 Å². The Balaban J connectivity index is 1.72. The van der Waals surface area contributed by atoms with E-state index < -0.39 is 5.91 Å². The van der Waals surface area contributed by atoms with E-state index in [1.165, 1.54) is 6.20 Å². The van der Waals surface area contributed by atoms with Crippen molar-refractivity contribution < 1.29 is 9.53 Å². The van der Waals surface area contributed by atoms with Gasteiger partial charge in [0.15, 0.2) is 5.69 Å². The number of para-hydroxylation sites is 1. The molecule has 0 spiro atoms. The minimum atomic E-state index is -0.625. The quantitative estimate of drug-likeness (QED) is 0.559. The first-order valence-corrected chi connectivity index (χ1v) is 8.46. The maximum Gasteiger partial charge on any atom is 0.269 e. The summed E-state index contributed by atoms with van der Waals surface area (Å²) in [4.78, 5) is 23.9. The second kappa shape index (κ2) is 6.74. The zero-order chi connectivity index (χ0) is 18.1. The van der Waals surface area contributed by atoms with Gasteiger partial charge in [-0.25, -0.2) is 9.97 Å². The molecule has 134 valence electrons. The summed E-state index contributed by atoms with van der Waals surface area (Å²) in [5.74, 6) is -0.0773. The van der Waals surface area contributed by atoms with Crippen molar-refractivity contribution in [2.45, 2.75) is 18.5 Å². The van der Waals surface area contributed by atoms with Crippen LogP contribution in [-0.4, -0.2) is 46.2 Å². The monoisotopic (exact) mass is 352 g/mol. The maximum absolute atomic E-state index is 11.8. The Morgan fingerprint density at radius 2 is 2.19 bits per heavy atom. The number of aromatic nitrogens is 3. The Labute approximate surface area is 150 Å². The zero-order valence-corrected chi connectivity index (χ0v) is 14.1. The van der Waals surface area contributed by atoms with Gasteiger partial charge in [0, 0.05) is 29.6 Å². The molecule has 0 bridgehead atoms. The Morgan fingerprint density at radius 1 is 1.35 bits per heavy atom. The van der Waals surface area contributed by atoms with Crippen molar-refractivity contribution in [3.8, 4) is 11.4 Å². The molecule has 8 nitrogen and oxygen atoms in total. The zero-order valence-electron chi connectivity index (χ0n) is 14.1. The first-order chi connectivity index (χ1) is 12.6. The lowest BCUT2D eigenvalue weighted by Gasteiger charge is -2.29. The van der Waals surface area contributed by atoms with E-state index in [1.54, 1.807) is 0 Å². The van der Waals surface area contributed by atoms with E-state index in [2.05, 4.69) is 20.3 Å². The number of nitrogens with one attached hydrogen (secondary N) is 2. The molecular weight excluding hydrogens is 332 g/mol. The lowest BCUT2D eigenvalue weighted by Crippen LogP contribution is -2.47. The van der Waals surface area contributed by atoms with Gasteiger partial charge in [-0.1, -0.05) is 18.2 Å². The molecule has 1 saturated heterocycles. The maximum atomic E-state index is 11.8. The fraction of sp³-hybridized carbons (Fsp3) is 0.278. The number of hydrogen-bond acceptors (Lipinski definition) is 6. The standard InChI is InChI=1S/C18H20N6O2/c19-11-9-26-6-5-13(11)23-15-8-21-17(18(20)25)16(24-15)14-7-10-3-1-2-4-12(10)22-14/h1-4,7-8,11,13,22H,5-6,9,19H2,(H2,20,25)(H,23,24)/t11-,13+/m0/s1. The van der Waals surface area contributed by atoms with Crippen molar-refractivity contribution in [2.24, 2.45) is 11.5 Å². The third-order valence-corrected chi connectivity index (χ3v) is 4.52. The van der Waals surface area contributed by atoms with Crippen LogP contribution < -0.4 is 16.8 Å². The number of anilines is 1. The Bertz CT molecular complexity index is 921. The highest BCUT2D eigenvalue weighted by Crippen LogP contribution is 2.26. The smallest absolute Gasteiger partial charge is 0.269 e. The van der Waals surface area contributed by atoms with Crippen molar-refractivity contribution in [1.29, 1.82) is 0 Å². The second-order valence-corrected chi connectivity index (χ2v) is 6.37. The molecule has 2 aromatic heterocycles. The molecule has 1 aliphatic rings. The van der Waals surface area contributed by atoms with Crippen molar-refractivity contribution in [2.75, 3.05) is 18.5 Å². The lowest BCUT2D eigenvalue weighted by atomic mass is 10.0. The number of nitrogens with zero attached hydrogens (tertiary/aromatic N) is 2. The highest BCUT2D eigenvalue weighted by atomic mass is 16.5. The van der Waals surface area contributed by atoms with Gasteiger partial charge in [-0.15, -0.1) is 0 Å². The molecule has 26 heavy (non-hydrogen) atoms. The second-order valence-electron chi connectivity index (χ2n) is 6.37. The van der Waals surface area contributed by atoms with Gasteiger partial charge in [-0.2, -0.15) is 0 Å². The van der Waals surface area contributed by atoms with E-state index in [0.29, 0.717) is 30.4 Å². The van der Waals surface area contributed by atoms with Crippen molar-refractivity contribution >= 4 is 22.6 Å². The molecule has 0 radical (unpaired) electrons. The summed E-state index contributed by atoms with van der Waals surface area (Å²) in [7, 11) is 0. The third-order valence-electron chi connectivity index (χ3n) is 4.52. The molecule has 4 rings (SSSR count). The van der Waals surface area contributed by atoms with E-state index in [1.807, 2.05) is 30.3 Å². The minimum absolute atomic E-state index is 0.0352. The van der Waals surface area contributed by atoms with Crippen LogP contribution in [0.3, 0.4) is 0 Å². The number of primary amides is 1. The van der Waals surface area contributed by atoms with E-state index in [9.17, 15) is 4.79 Å². The topological polar surface area (TPSA) is 132 Å². The number of hydrogen-bond donors (Lipinski definition) is 4. The number of carbonyl (C=O) groups excluding carboxylic acids is 1. The fourth-order valence-electron chi connectivity index (χ4n) is 3.16. The number of ether oxygens (including phenoxy) is 1. The van der Waals surface area contributed by atoms with E-state index >= 15 is 0 Å². The highest BCUT2D eigenvalue weighted by molar-refractivity contribution is 5.98. The molecule has 0 unspecified atom stereocenters. The summed E-state index contributed by atoms with van der Waals surface area (Å²) >= 11 is 0. The van der Waals surface area contributed by atoms with Gasteiger partial charge in [0.25, 0.3) is 5.91 Å². The normalized spacial score (nSPS) is 20.2. The summed E-state index contributed by atoms with van der Waals surface area (Å²) in [6.45, 7) is 1.15. The largest absolute Gasteiger partial charge is 0.380 e. The first kappa shape index (κ1) is 16.5. The van der Waals surface area contributed by atoms with Crippen LogP contribution in [0.4, 0.5) is 5.82 Å². The summed E-state index contributed by atoms with van der Waals surface area (Å²) in [5, 5.41) is 4.31. The molecule has 3 heterocycles. The van der Waals surface area contributed by atoms with E-state index in [4.69, 9.17) is 16.2 Å². The number of benzene rings is 1.